The fourth-order valence-corrected chi connectivity index (χ4v) is 2.85. The summed E-state index contributed by atoms with van der Waals surface area (Å²) < 4.78 is 0. The summed E-state index contributed by atoms with van der Waals surface area (Å²) in [6.45, 7) is 2.64. The van der Waals surface area contributed by atoms with Crippen molar-refractivity contribution >= 4 is 10.9 Å². The lowest BCUT2D eigenvalue weighted by Gasteiger charge is -2.29. The molecule has 0 bridgehead atoms. The summed E-state index contributed by atoms with van der Waals surface area (Å²) >= 11 is 0. The molecule has 1 radical (unpaired) electrons. The molecule has 1 aromatic carbocycles. The van der Waals surface area contributed by atoms with Crippen LogP contribution in [-0.4, -0.2) is 40.7 Å². The molecule has 1 aliphatic rings. The number of aromatic nitrogens is 1. The van der Waals surface area contributed by atoms with Gasteiger partial charge in [-0.05, 0) is 55.6 Å². The average molecular weight is 280 g/mol. The molecule has 4 nitrogen and oxygen atoms in total. The highest BCUT2D eigenvalue weighted by Crippen LogP contribution is 2.19. The molecule has 0 saturated carbocycles. The highest BCUT2D eigenvalue weighted by Gasteiger charge is 2.17. The van der Waals surface area contributed by atoms with Gasteiger partial charge in [0, 0.05) is 24.7 Å². The van der Waals surface area contributed by atoms with Crippen molar-refractivity contribution < 1.29 is 5.11 Å². The Morgan fingerprint density at radius 1 is 1.38 bits per heavy atom. The minimum Gasteiger partial charge on any atom is -0.391 e. The maximum atomic E-state index is 9.67. The highest BCUT2D eigenvalue weighted by atomic mass is 16.3. The fraction of sp³-hybridized carbons (Fsp3) is 0.353. The summed E-state index contributed by atoms with van der Waals surface area (Å²) in [5.41, 5.74) is 2.80. The van der Waals surface area contributed by atoms with Gasteiger partial charge in [0.25, 0.3) is 0 Å². The van der Waals surface area contributed by atoms with Crippen molar-refractivity contribution in [1.29, 1.82) is 5.26 Å². The molecule has 107 valence electrons. The number of nitrogens with zero attached hydrogens (tertiary/aromatic N) is 3. The van der Waals surface area contributed by atoms with E-state index < -0.39 is 0 Å². The molecule has 21 heavy (non-hydrogen) atoms. The lowest BCUT2D eigenvalue weighted by Crippen LogP contribution is -2.39. The molecule has 0 amide bonds. The third-order valence-electron chi connectivity index (χ3n) is 3.99. The van der Waals surface area contributed by atoms with Gasteiger partial charge < -0.3 is 10.0 Å². The van der Waals surface area contributed by atoms with Crippen LogP contribution >= 0.6 is 0 Å². The van der Waals surface area contributed by atoms with Gasteiger partial charge >= 0.3 is 0 Å². The molecule has 0 spiro atoms. The van der Waals surface area contributed by atoms with Crippen LogP contribution in [0.3, 0.4) is 0 Å². The predicted octanol–water partition coefficient (Wildman–Crippen LogP) is 1.92. The zero-order valence-corrected chi connectivity index (χ0v) is 11.9. The predicted molar refractivity (Wildman–Crippen MR) is 81.5 cm³/mol. The van der Waals surface area contributed by atoms with Crippen LogP contribution in [0.4, 0.5) is 0 Å². The smallest absolute Gasteiger partial charge is 0.0991 e. The highest BCUT2D eigenvalue weighted by molar-refractivity contribution is 5.83. The first-order valence-corrected chi connectivity index (χ1v) is 7.28. The molecule has 1 saturated heterocycles. The van der Waals surface area contributed by atoms with Crippen LogP contribution < -0.4 is 0 Å². The first-order valence-electron chi connectivity index (χ1n) is 7.28. The second-order valence-corrected chi connectivity index (χ2v) is 5.46. The minimum absolute atomic E-state index is 0.307. The van der Waals surface area contributed by atoms with E-state index in [1.165, 1.54) is 5.56 Å². The van der Waals surface area contributed by atoms with Gasteiger partial charge in [-0.15, -0.1) is 0 Å². The van der Waals surface area contributed by atoms with Crippen molar-refractivity contribution in [2.24, 2.45) is 0 Å². The SMILES string of the molecule is N#Cc1ccc2nccc(CCN3CC[CH][C@@H](O)C3)c2c1. The summed E-state index contributed by atoms with van der Waals surface area (Å²) in [5.74, 6) is 0. The number of hydrogen-bond donors (Lipinski definition) is 1. The summed E-state index contributed by atoms with van der Waals surface area (Å²) in [6.07, 6.45) is 5.33. The van der Waals surface area contributed by atoms with Gasteiger partial charge in [0.05, 0.1) is 23.3 Å². The van der Waals surface area contributed by atoms with Crippen molar-refractivity contribution in [2.75, 3.05) is 19.6 Å². The number of fused-ring (bicyclic) bond motifs is 1. The number of nitriles is 1. The van der Waals surface area contributed by atoms with E-state index >= 15 is 0 Å². The van der Waals surface area contributed by atoms with Gasteiger partial charge in [-0.25, -0.2) is 0 Å². The summed E-state index contributed by atoms with van der Waals surface area (Å²) in [6, 6.07) is 9.82. The van der Waals surface area contributed by atoms with Gasteiger partial charge in [-0.1, -0.05) is 0 Å². The van der Waals surface area contributed by atoms with Crippen LogP contribution in [0.15, 0.2) is 30.5 Å². The van der Waals surface area contributed by atoms with E-state index in [9.17, 15) is 5.11 Å². The van der Waals surface area contributed by atoms with Crippen LogP contribution in [-0.2, 0) is 6.42 Å². The van der Waals surface area contributed by atoms with Crippen LogP contribution in [0.1, 0.15) is 17.5 Å². The zero-order valence-electron chi connectivity index (χ0n) is 11.9. The molecule has 2 aromatic rings. The van der Waals surface area contributed by atoms with E-state index in [2.05, 4.69) is 16.0 Å². The summed E-state index contributed by atoms with van der Waals surface area (Å²) in [7, 11) is 0. The standard InChI is InChI=1S/C17H18N3O/c18-11-13-3-4-17-16(10-13)14(5-7-19-17)6-9-20-8-1-2-15(21)12-20/h2-5,7,10,15,21H,1,6,8-9,12H2/t15-/m1/s1. The van der Waals surface area contributed by atoms with E-state index in [1.807, 2.05) is 30.8 Å². The Labute approximate surface area is 124 Å². The quantitative estimate of drug-likeness (QED) is 0.933. The topological polar surface area (TPSA) is 60.2 Å². The number of aliphatic hydroxyl groups excluding tert-OH is 1. The monoisotopic (exact) mass is 280 g/mol. The second-order valence-electron chi connectivity index (χ2n) is 5.46. The molecule has 1 aliphatic heterocycles. The lowest BCUT2D eigenvalue weighted by molar-refractivity contribution is 0.108. The van der Waals surface area contributed by atoms with Crippen LogP contribution in [0.5, 0.6) is 0 Å². The molecular weight excluding hydrogens is 262 g/mol. The molecule has 0 unspecified atom stereocenters. The third-order valence-corrected chi connectivity index (χ3v) is 3.99. The van der Waals surface area contributed by atoms with Crippen molar-refractivity contribution in [2.45, 2.75) is 18.9 Å². The Hall–Kier alpha value is -1.96. The number of piperidine rings is 1. The molecule has 0 aliphatic carbocycles. The molecule has 4 heteroatoms. The van der Waals surface area contributed by atoms with Gasteiger partial charge in [-0.3, -0.25) is 4.98 Å². The largest absolute Gasteiger partial charge is 0.391 e. The van der Waals surface area contributed by atoms with Crippen molar-refractivity contribution in [3.63, 3.8) is 0 Å². The van der Waals surface area contributed by atoms with Crippen molar-refractivity contribution in [3.05, 3.63) is 48.0 Å². The summed E-state index contributed by atoms with van der Waals surface area (Å²) in [5, 5.41) is 19.8. The van der Waals surface area contributed by atoms with Crippen molar-refractivity contribution in [3.8, 4) is 6.07 Å². The van der Waals surface area contributed by atoms with Gasteiger partial charge in [0.2, 0.25) is 0 Å². The molecule has 1 N–H and O–H groups in total. The molecule has 2 heterocycles. The lowest BCUT2D eigenvalue weighted by atomic mass is 10.0. The van der Waals surface area contributed by atoms with E-state index in [1.54, 1.807) is 6.07 Å². The van der Waals surface area contributed by atoms with Gasteiger partial charge in [0.1, 0.15) is 0 Å². The van der Waals surface area contributed by atoms with Crippen molar-refractivity contribution in [1.82, 2.24) is 9.88 Å². The Kier molecular flexibility index (Phi) is 4.14. The number of β-amino-alcohol motifs (C(OH)–C–C–N with tert-alkyl or cyclic N) is 1. The zero-order chi connectivity index (χ0) is 14.7. The Bertz CT molecular complexity index is 677. The summed E-state index contributed by atoms with van der Waals surface area (Å²) in [4.78, 5) is 6.64. The Morgan fingerprint density at radius 3 is 3.10 bits per heavy atom. The third kappa shape index (κ3) is 3.21. The first-order chi connectivity index (χ1) is 10.3. The van der Waals surface area contributed by atoms with Crippen LogP contribution in [0.2, 0.25) is 0 Å². The normalized spacial score (nSPS) is 19.5. The van der Waals surface area contributed by atoms with E-state index in [0.717, 1.165) is 36.8 Å². The first kappa shape index (κ1) is 14.0. The average Bonchev–Trinajstić information content (AvgIpc) is 2.52. The molecule has 1 atom stereocenters. The van der Waals surface area contributed by atoms with E-state index in [-0.39, 0.29) is 6.10 Å². The van der Waals surface area contributed by atoms with E-state index in [4.69, 9.17) is 5.26 Å². The number of rotatable bonds is 3. The van der Waals surface area contributed by atoms with Crippen LogP contribution in [0, 0.1) is 17.8 Å². The Morgan fingerprint density at radius 2 is 2.29 bits per heavy atom. The number of aliphatic hydroxyl groups is 1. The van der Waals surface area contributed by atoms with E-state index in [0.29, 0.717) is 12.1 Å². The molecule has 1 aromatic heterocycles. The maximum Gasteiger partial charge on any atom is 0.0991 e. The minimum atomic E-state index is -0.307. The van der Waals surface area contributed by atoms with Gasteiger partial charge in [0.15, 0.2) is 0 Å². The maximum absolute atomic E-state index is 9.67. The number of pyridine rings is 1. The number of hydrogen-bond acceptors (Lipinski definition) is 4. The van der Waals surface area contributed by atoms with Crippen LogP contribution in [0.25, 0.3) is 10.9 Å². The molecule has 3 rings (SSSR count). The fourth-order valence-electron chi connectivity index (χ4n) is 2.85. The number of likely N-dealkylation sites (tertiary alicyclic amines) is 1. The second kappa shape index (κ2) is 6.21. The molecule has 1 fully saturated rings. The molecular formula is C17H18N3O. The van der Waals surface area contributed by atoms with Gasteiger partial charge in [-0.2, -0.15) is 5.26 Å². The Balaban J connectivity index is 1.78. The number of benzene rings is 1.